The lowest BCUT2D eigenvalue weighted by atomic mass is 10.2. The Bertz CT molecular complexity index is 592. The van der Waals surface area contributed by atoms with Crippen molar-refractivity contribution in [1.29, 1.82) is 0 Å². The molecule has 1 N–H and O–H groups in total. The van der Waals surface area contributed by atoms with Gasteiger partial charge in [0.25, 0.3) is 5.56 Å². The van der Waals surface area contributed by atoms with Gasteiger partial charge in [-0.3, -0.25) is 9.36 Å². The van der Waals surface area contributed by atoms with Crippen LogP contribution in [0.2, 0.25) is 5.28 Å². The molecule has 2 rings (SSSR count). The van der Waals surface area contributed by atoms with Gasteiger partial charge in [-0.1, -0.05) is 11.6 Å². The molecule has 0 aliphatic rings. The first-order valence-electron chi connectivity index (χ1n) is 4.91. The smallest absolute Gasteiger partial charge is 0.262 e. The van der Waals surface area contributed by atoms with Crippen molar-refractivity contribution in [3.8, 4) is 0 Å². The Balaban J connectivity index is 2.80. The Morgan fingerprint density at radius 2 is 2.25 bits per heavy atom. The molecule has 0 bridgehead atoms. The minimum Gasteiger partial charge on any atom is -0.395 e. The summed E-state index contributed by atoms with van der Waals surface area (Å²) in [5.74, 6) is 0. The van der Waals surface area contributed by atoms with Gasteiger partial charge in [-0.25, -0.2) is 4.98 Å². The first kappa shape index (κ1) is 11.1. The van der Waals surface area contributed by atoms with E-state index in [1.165, 1.54) is 4.57 Å². The van der Waals surface area contributed by atoms with Crippen molar-refractivity contribution in [2.45, 2.75) is 13.5 Å². The summed E-state index contributed by atoms with van der Waals surface area (Å²) in [6, 6.07) is 5.41. The second-order valence-corrected chi connectivity index (χ2v) is 3.92. The molecule has 0 radical (unpaired) electrons. The summed E-state index contributed by atoms with van der Waals surface area (Å²) in [4.78, 5) is 16.1. The lowest BCUT2D eigenvalue weighted by molar-refractivity contribution is 0.274. The number of fused-ring (bicyclic) bond motifs is 1. The van der Waals surface area contributed by atoms with Crippen LogP contribution in [-0.2, 0) is 6.54 Å². The highest BCUT2D eigenvalue weighted by Gasteiger charge is 2.08. The Morgan fingerprint density at radius 1 is 1.50 bits per heavy atom. The van der Waals surface area contributed by atoms with Gasteiger partial charge >= 0.3 is 0 Å². The normalized spacial score (nSPS) is 10.9. The maximum atomic E-state index is 12.0. The van der Waals surface area contributed by atoms with E-state index in [2.05, 4.69) is 4.98 Å². The zero-order valence-corrected chi connectivity index (χ0v) is 9.53. The van der Waals surface area contributed by atoms with Crippen LogP contribution >= 0.6 is 11.6 Å². The fourth-order valence-electron chi connectivity index (χ4n) is 1.60. The first-order chi connectivity index (χ1) is 7.63. The summed E-state index contributed by atoms with van der Waals surface area (Å²) in [5.41, 5.74) is 1.35. The van der Waals surface area contributed by atoms with Crippen molar-refractivity contribution in [3.63, 3.8) is 0 Å². The number of hydrogen-bond donors (Lipinski definition) is 1. The van der Waals surface area contributed by atoms with Gasteiger partial charge in [0.1, 0.15) is 0 Å². The highest BCUT2D eigenvalue weighted by Crippen LogP contribution is 2.13. The molecule has 0 aliphatic heterocycles. The fourth-order valence-corrected chi connectivity index (χ4v) is 1.85. The van der Waals surface area contributed by atoms with Crippen LogP contribution in [-0.4, -0.2) is 21.3 Å². The molecule has 0 saturated heterocycles. The quantitative estimate of drug-likeness (QED) is 0.804. The molecule has 0 aliphatic carbocycles. The SMILES string of the molecule is Cc1ccc2nc(Cl)n(CCO)c(=O)c2c1. The zero-order valence-electron chi connectivity index (χ0n) is 8.77. The largest absolute Gasteiger partial charge is 0.395 e. The van der Waals surface area contributed by atoms with E-state index in [4.69, 9.17) is 16.7 Å². The van der Waals surface area contributed by atoms with E-state index in [1.54, 1.807) is 12.1 Å². The van der Waals surface area contributed by atoms with Crippen molar-refractivity contribution in [3.05, 3.63) is 39.4 Å². The number of aliphatic hydroxyl groups excluding tert-OH is 1. The second-order valence-electron chi connectivity index (χ2n) is 3.58. The third kappa shape index (κ3) is 1.81. The molecule has 84 valence electrons. The summed E-state index contributed by atoms with van der Waals surface area (Å²) in [6.07, 6.45) is 0. The molecule has 0 saturated carbocycles. The van der Waals surface area contributed by atoms with E-state index in [1.807, 2.05) is 13.0 Å². The van der Waals surface area contributed by atoms with Gasteiger partial charge in [-0.2, -0.15) is 0 Å². The van der Waals surface area contributed by atoms with E-state index in [-0.39, 0.29) is 24.0 Å². The maximum absolute atomic E-state index is 12.0. The summed E-state index contributed by atoms with van der Waals surface area (Å²) in [5, 5.41) is 9.48. The summed E-state index contributed by atoms with van der Waals surface area (Å²) >= 11 is 5.87. The predicted molar refractivity (Wildman–Crippen MR) is 62.8 cm³/mol. The molecule has 1 heterocycles. The van der Waals surface area contributed by atoms with Crippen molar-refractivity contribution in [1.82, 2.24) is 9.55 Å². The molecular formula is C11H11ClN2O2. The van der Waals surface area contributed by atoms with E-state index < -0.39 is 0 Å². The standard InChI is InChI=1S/C11H11ClN2O2/c1-7-2-3-9-8(6-7)10(16)14(4-5-15)11(12)13-9/h2-3,6,15H,4-5H2,1H3. The molecule has 1 aromatic carbocycles. The molecule has 1 aromatic heterocycles. The number of aliphatic hydroxyl groups is 1. The predicted octanol–water partition coefficient (Wildman–Crippen LogP) is 1.35. The van der Waals surface area contributed by atoms with Crippen molar-refractivity contribution in [2.24, 2.45) is 0 Å². The minimum absolute atomic E-state index is 0.107. The molecule has 0 unspecified atom stereocenters. The van der Waals surface area contributed by atoms with Crippen LogP contribution < -0.4 is 5.56 Å². The Hall–Kier alpha value is -1.39. The van der Waals surface area contributed by atoms with Gasteiger partial charge in [-0.05, 0) is 30.7 Å². The minimum atomic E-state index is -0.215. The average molecular weight is 239 g/mol. The van der Waals surface area contributed by atoms with E-state index in [9.17, 15) is 4.79 Å². The monoisotopic (exact) mass is 238 g/mol. The van der Waals surface area contributed by atoms with Crippen LogP contribution in [0, 0.1) is 6.92 Å². The number of nitrogens with zero attached hydrogens (tertiary/aromatic N) is 2. The van der Waals surface area contributed by atoms with Gasteiger partial charge in [0, 0.05) is 0 Å². The fraction of sp³-hybridized carbons (Fsp3) is 0.273. The topological polar surface area (TPSA) is 55.1 Å². The molecule has 16 heavy (non-hydrogen) atoms. The number of benzene rings is 1. The first-order valence-corrected chi connectivity index (χ1v) is 5.29. The Morgan fingerprint density at radius 3 is 2.94 bits per heavy atom. The van der Waals surface area contributed by atoms with Crippen LogP contribution in [0.15, 0.2) is 23.0 Å². The molecule has 4 nitrogen and oxygen atoms in total. The highest BCUT2D eigenvalue weighted by molar-refractivity contribution is 6.28. The zero-order chi connectivity index (χ0) is 11.7. The number of halogens is 1. The van der Waals surface area contributed by atoms with Crippen molar-refractivity contribution < 1.29 is 5.11 Å². The summed E-state index contributed by atoms with van der Waals surface area (Å²) in [6.45, 7) is 1.93. The van der Waals surface area contributed by atoms with Gasteiger partial charge in [0.15, 0.2) is 0 Å². The van der Waals surface area contributed by atoms with Gasteiger partial charge in [-0.15, -0.1) is 0 Å². The van der Waals surface area contributed by atoms with E-state index in [0.717, 1.165) is 5.56 Å². The van der Waals surface area contributed by atoms with Crippen LogP contribution in [0.1, 0.15) is 5.56 Å². The molecule has 0 atom stereocenters. The third-order valence-corrected chi connectivity index (χ3v) is 2.68. The van der Waals surface area contributed by atoms with Gasteiger partial charge in [0.2, 0.25) is 5.28 Å². The molecule has 5 heteroatoms. The summed E-state index contributed by atoms with van der Waals surface area (Å²) in [7, 11) is 0. The van der Waals surface area contributed by atoms with Crippen molar-refractivity contribution >= 4 is 22.5 Å². The van der Waals surface area contributed by atoms with Crippen LogP contribution in [0.25, 0.3) is 10.9 Å². The number of aromatic nitrogens is 2. The Labute approximate surface area is 97.1 Å². The van der Waals surface area contributed by atoms with Crippen LogP contribution in [0.5, 0.6) is 0 Å². The second kappa shape index (κ2) is 4.23. The molecule has 0 fully saturated rings. The molecular weight excluding hydrogens is 228 g/mol. The van der Waals surface area contributed by atoms with Crippen LogP contribution in [0.3, 0.4) is 0 Å². The molecule has 0 amide bonds. The number of aryl methyl sites for hydroxylation is 1. The lowest BCUT2D eigenvalue weighted by Gasteiger charge is -2.07. The van der Waals surface area contributed by atoms with Gasteiger partial charge < -0.3 is 5.11 Å². The average Bonchev–Trinajstić information content (AvgIpc) is 2.26. The van der Waals surface area contributed by atoms with E-state index >= 15 is 0 Å². The number of rotatable bonds is 2. The number of hydrogen-bond acceptors (Lipinski definition) is 3. The van der Waals surface area contributed by atoms with Crippen LogP contribution in [0.4, 0.5) is 0 Å². The van der Waals surface area contributed by atoms with Gasteiger partial charge in [0.05, 0.1) is 24.1 Å². The lowest BCUT2D eigenvalue weighted by Crippen LogP contribution is -2.23. The molecule has 2 aromatic rings. The summed E-state index contributed by atoms with van der Waals surface area (Å²) < 4.78 is 1.27. The third-order valence-electron chi connectivity index (χ3n) is 2.39. The maximum Gasteiger partial charge on any atom is 0.262 e. The van der Waals surface area contributed by atoms with E-state index in [0.29, 0.717) is 10.9 Å². The Kier molecular flexibility index (Phi) is 2.94. The van der Waals surface area contributed by atoms with Crippen molar-refractivity contribution in [2.75, 3.05) is 6.61 Å². The highest BCUT2D eigenvalue weighted by atomic mass is 35.5. The molecule has 0 spiro atoms.